The van der Waals surface area contributed by atoms with Gasteiger partial charge in [0.15, 0.2) is 0 Å². The van der Waals surface area contributed by atoms with Crippen molar-refractivity contribution in [1.29, 1.82) is 0 Å². The summed E-state index contributed by atoms with van der Waals surface area (Å²) in [6.07, 6.45) is 1.44. The van der Waals surface area contributed by atoms with Crippen molar-refractivity contribution in [3.8, 4) is 5.75 Å². The van der Waals surface area contributed by atoms with Crippen molar-refractivity contribution >= 4 is 23.8 Å². The van der Waals surface area contributed by atoms with Crippen LogP contribution in [-0.4, -0.2) is 94.8 Å². The third kappa shape index (κ3) is 5.16. The van der Waals surface area contributed by atoms with Crippen LogP contribution in [0, 0.1) is 0 Å². The number of hydrogen-bond acceptors (Lipinski definition) is 8. The van der Waals surface area contributed by atoms with Gasteiger partial charge < -0.3 is 29.4 Å². The highest BCUT2D eigenvalue weighted by atomic mass is 16.6. The summed E-state index contributed by atoms with van der Waals surface area (Å²) in [5, 5.41) is 9.98. The van der Waals surface area contributed by atoms with Crippen LogP contribution in [0.4, 0.5) is 16.6 Å². The van der Waals surface area contributed by atoms with Crippen molar-refractivity contribution in [2.75, 3.05) is 56.1 Å². The molecule has 10 nitrogen and oxygen atoms in total. The Morgan fingerprint density at radius 2 is 1.74 bits per heavy atom. The van der Waals surface area contributed by atoms with Crippen molar-refractivity contribution in [3.05, 3.63) is 42.1 Å². The maximum atomic E-state index is 12.7. The van der Waals surface area contributed by atoms with Crippen molar-refractivity contribution < 1.29 is 19.4 Å². The first-order valence-electron chi connectivity index (χ1n) is 11.5. The van der Waals surface area contributed by atoms with E-state index in [9.17, 15) is 14.7 Å². The quantitative estimate of drug-likeness (QED) is 0.729. The van der Waals surface area contributed by atoms with Crippen molar-refractivity contribution in [2.45, 2.75) is 32.4 Å². The number of benzene rings is 1. The number of carbonyl (C=O) groups excluding carboxylic acids is 2. The second-order valence-corrected chi connectivity index (χ2v) is 9.66. The maximum Gasteiger partial charge on any atom is 0.410 e. The number of phenolic OH excluding ortho intramolecular Hbond substituents is 1. The first-order chi connectivity index (χ1) is 16.1. The fourth-order valence-corrected chi connectivity index (χ4v) is 3.99. The van der Waals surface area contributed by atoms with Gasteiger partial charge in [-0.1, -0.05) is 12.1 Å². The maximum absolute atomic E-state index is 12.7. The molecular weight excluding hydrogens is 436 g/mol. The third-order valence-electron chi connectivity index (χ3n) is 6.04. The van der Waals surface area contributed by atoms with Crippen LogP contribution in [0.3, 0.4) is 0 Å². The highest BCUT2D eigenvalue weighted by molar-refractivity contribution is 5.96. The fraction of sp³-hybridized carbons (Fsp3) is 0.500. The van der Waals surface area contributed by atoms with Crippen LogP contribution in [0.15, 0.2) is 36.5 Å². The van der Waals surface area contributed by atoms with Gasteiger partial charge in [0.05, 0.1) is 11.6 Å². The predicted octanol–water partition coefficient (Wildman–Crippen LogP) is 2.20. The van der Waals surface area contributed by atoms with Gasteiger partial charge in [0.1, 0.15) is 17.2 Å². The summed E-state index contributed by atoms with van der Waals surface area (Å²) in [5.41, 5.74) is -0.192. The highest BCUT2D eigenvalue weighted by Gasteiger charge is 2.36. The first kappa shape index (κ1) is 23.6. The first-order valence-corrected chi connectivity index (χ1v) is 11.5. The zero-order chi connectivity index (χ0) is 24.5. The number of aromatic nitrogens is 2. The van der Waals surface area contributed by atoms with Crippen molar-refractivity contribution in [2.24, 2.45) is 0 Å². The number of anilines is 2. The molecule has 34 heavy (non-hydrogen) atoms. The van der Waals surface area contributed by atoms with Crippen LogP contribution in [-0.2, 0) is 4.74 Å². The SMILES string of the molecule is CN(c1ccnc(N2CCN(C(=O)c3ccccc3O)CC2)n1)C1CN(C(=O)OC(C)(C)C)C1. The van der Waals surface area contributed by atoms with E-state index in [4.69, 9.17) is 9.72 Å². The van der Waals surface area contributed by atoms with Crippen LogP contribution >= 0.6 is 0 Å². The van der Waals surface area contributed by atoms with Crippen LogP contribution in [0.1, 0.15) is 31.1 Å². The number of phenols is 1. The number of carbonyl (C=O) groups is 2. The predicted molar refractivity (Wildman–Crippen MR) is 128 cm³/mol. The molecule has 0 aliphatic carbocycles. The lowest BCUT2D eigenvalue weighted by atomic mass is 10.1. The van der Waals surface area contributed by atoms with Gasteiger partial charge in [-0.05, 0) is 39.0 Å². The molecule has 1 aromatic heterocycles. The number of amides is 2. The lowest BCUT2D eigenvalue weighted by Gasteiger charge is -2.44. The number of aromatic hydroxyl groups is 1. The molecule has 2 aromatic rings. The lowest BCUT2D eigenvalue weighted by molar-refractivity contribution is 0.00845. The van der Waals surface area contributed by atoms with Gasteiger partial charge in [0, 0.05) is 52.5 Å². The van der Waals surface area contributed by atoms with E-state index < -0.39 is 5.60 Å². The van der Waals surface area contributed by atoms with Crippen molar-refractivity contribution in [3.63, 3.8) is 0 Å². The van der Waals surface area contributed by atoms with E-state index in [1.54, 1.807) is 34.2 Å². The smallest absolute Gasteiger partial charge is 0.410 e. The minimum Gasteiger partial charge on any atom is -0.507 e. The van der Waals surface area contributed by atoms with E-state index in [1.165, 1.54) is 6.07 Å². The molecule has 2 amide bonds. The molecule has 2 fully saturated rings. The minimum atomic E-state index is -0.508. The Morgan fingerprint density at radius 3 is 2.38 bits per heavy atom. The molecule has 0 radical (unpaired) electrons. The molecule has 1 aromatic carbocycles. The summed E-state index contributed by atoms with van der Waals surface area (Å²) in [6, 6.07) is 8.61. The molecule has 0 unspecified atom stereocenters. The van der Waals surface area contributed by atoms with Gasteiger partial charge in [0.25, 0.3) is 5.91 Å². The van der Waals surface area contributed by atoms with E-state index in [0.717, 1.165) is 5.82 Å². The molecule has 1 N–H and O–H groups in total. The molecule has 0 saturated carbocycles. The second-order valence-electron chi connectivity index (χ2n) is 9.66. The molecule has 10 heteroatoms. The number of hydrogen-bond donors (Lipinski definition) is 1. The number of ether oxygens (including phenoxy) is 1. The minimum absolute atomic E-state index is 0.00442. The van der Waals surface area contributed by atoms with E-state index in [-0.39, 0.29) is 23.8 Å². The van der Waals surface area contributed by atoms with E-state index >= 15 is 0 Å². The highest BCUT2D eigenvalue weighted by Crippen LogP contribution is 2.24. The van der Waals surface area contributed by atoms with Crippen LogP contribution in [0.2, 0.25) is 0 Å². The topological polar surface area (TPSA) is 102 Å². The Balaban J connectivity index is 1.32. The number of para-hydroxylation sites is 1. The van der Waals surface area contributed by atoms with Crippen LogP contribution < -0.4 is 9.80 Å². The standard InChI is InChI=1S/C24H32N6O4/c1-24(2,3)34-23(33)30-15-17(16-30)27(4)20-9-10-25-22(26-20)29-13-11-28(12-14-29)21(32)18-7-5-6-8-19(18)31/h5-10,17,31H,11-16H2,1-4H3. The fourth-order valence-electron chi connectivity index (χ4n) is 3.99. The number of piperazine rings is 1. The summed E-state index contributed by atoms with van der Waals surface area (Å²) >= 11 is 0. The lowest BCUT2D eigenvalue weighted by Crippen LogP contribution is -2.61. The number of likely N-dealkylation sites (tertiary alicyclic amines) is 1. The van der Waals surface area contributed by atoms with Gasteiger partial charge in [-0.25, -0.2) is 9.78 Å². The molecule has 0 atom stereocenters. The molecule has 2 aliphatic heterocycles. The van der Waals surface area contributed by atoms with Gasteiger partial charge in [0.2, 0.25) is 5.95 Å². The molecule has 4 rings (SSSR count). The summed E-state index contributed by atoms with van der Waals surface area (Å²) < 4.78 is 5.43. The van der Waals surface area contributed by atoms with E-state index in [2.05, 4.69) is 14.8 Å². The normalized spacial score (nSPS) is 16.8. The third-order valence-corrected chi connectivity index (χ3v) is 6.04. The zero-order valence-electron chi connectivity index (χ0n) is 20.1. The van der Waals surface area contributed by atoms with E-state index in [1.807, 2.05) is 33.9 Å². The molecule has 0 spiro atoms. The van der Waals surface area contributed by atoms with Gasteiger partial charge in [-0.3, -0.25) is 4.79 Å². The van der Waals surface area contributed by atoms with Crippen molar-refractivity contribution in [1.82, 2.24) is 19.8 Å². The summed E-state index contributed by atoms with van der Waals surface area (Å²) in [5.74, 6) is 1.22. The molecule has 2 saturated heterocycles. The average Bonchev–Trinajstić information content (AvgIpc) is 2.77. The van der Waals surface area contributed by atoms with Gasteiger partial charge in [-0.15, -0.1) is 0 Å². The number of likely N-dealkylation sites (N-methyl/N-ethyl adjacent to an activating group) is 1. The number of nitrogens with zero attached hydrogens (tertiary/aromatic N) is 6. The Kier molecular flexibility index (Phi) is 6.49. The summed E-state index contributed by atoms with van der Waals surface area (Å²) in [6.45, 7) is 8.97. The summed E-state index contributed by atoms with van der Waals surface area (Å²) in [4.78, 5) is 41.7. The zero-order valence-corrected chi connectivity index (χ0v) is 20.1. The van der Waals surface area contributed by atoms with Crippen LogP contribution in [0.25, 0.3) is 0 Å². The number of rotatable bonds is 4. The molecule has 182 valence electrons. The average molecular weight is 469 g/mol. The Morgan fingerprint density at radius 1 is 1.06 bits per heavy atom. The largest absolute Gasteiger partial charge is 0.507 e. The van der Waals surface area contributed by atoms with E-state index in [0.29, 0.717) is 50.8 Å². The molecule has 0 bridgehead atoms. The van der Waals surface area contributed by atoms with Gasteiger partial charge >= 0.3 is 6.09 Å². The molecule has 2 aliphatic rings. The molecular formula is C24H32N6O4. The molecule has 3 heterocycles. The Hall–Kier alpha value is -3.56. The Bertz CT molecular complexity index is 1040. The second kappa shape index (κ2) is 9.36. The van der Waals surface area contributed by atoms with Crippen LogP contribution in [0.5, 0.6) is 5.75 Å². The van der Waals surface area contributed by atoms with Gasteiger partial charge in [-0.2, -0.15) is 4.98 Å². The summed E-state index contributed by atoms with van der Waals surface area (Å²) in [7, 11) is 1.96. The monoisotopic (exact) mass is 468 g/mol. The Labute approximate surface area is 199 Å².